The second-order valence-corrected chi connectivity index (χ2v) is 7.94. The first kappa shape index (κ1) is 17.6. The number of carbonyl (C=O) groups is 1. The molecule has 0 saturated carbocycles. The number of amides is 1. The van der Waals surface area contributed by atoms with E-state index in [-0.39, 0.29) is 5.91 Å². The van der Waals surface area contributed by atoms with Gasteiger partial charge in [0.15, 0.2) is 4.96 Å². The van der Waals surface area contributed by atoms with Gasteiger partial charge in [-0.3, -0.25) is 14.2 Å². The number of pyridine rings is 1. The van der Waals surface area contributed by atoms with Gasteiger partial charge in [-0.05, 0) is 44.2 Å². The number of aryl methyl sites for hydroxylation is 2. The lowest BCUT2D eigenvalue weighted by molar-refractivity contribution is 0.102. The number of carbonyl (C=O) groups excluding carboxylic acids is 1. The summed E-state index contributed by atoms with van der Waals surface area (Å²) in [7, 11) is 0. The first-order valence-electron chi connectivity index (χ1n) is 9.29. The van der Waals surface area contributed by atoms with Gasteiger partial charge in [-0.2, -0.15) is 0 Å². The largest absolute Gasteiger partial charge is 0.322 e. The van der Waals surface area contributed by atoms with Crippen molar-refractivity contribution in [3.63, 3.8) is 0 Å². The first-order chi connectivity index (χ1) is 14.1. The molecule has 5 nitrogen and oxygen atoms in total. The maximum atomic E-state index is 12.8. The third-order valence-electron chi connectivity index (χ3n) is 4.94. The van der Waals surface area contributed by atoms with Gasteiger partial charge in [0.1, 0.15) is 0 Å². The number of hydrogen-bond acceptors (Lipinski definition) is 4. The summed E-state index contributed by atoms with van der Waals surface area (Å²) in [4.78, 5) is 23.0. The predicted molar refractivity (Wildman–Crippen MR) is 118 cm³/mol. The molecule has 0 aliphatic rings. The fourth-order valence-electron chi connectivity index (χ4n) is 3.41. The molecule has 0 aliphatic carbocycles. The van der Waals surface area contributed by atoms with Crippen LogP contribution in [-0.4, -0.2) is 20.3 Å². The molecule has 1 amide bonds. The van der Waals surface area contributed by atoms with Crippen LogP contribution in [0.1, 0.15) is 21.6 Å². The zero-order chi connectivity index (χ0) is 20.0. The Labute approximate surface area is 171 Å². The smallest absolute Gasteiger partial charge is 0.257 e. The van der Waals surface area contributed by atoms with Crippen LogP contribution in [0.5, 0.6) is 0 Å². The second kappa shape index (κ2) is 6.83. The summed E-state index contributed by atoms with van der Waals surface area (Å²) in [6.45, 7) is 3.89. The highest BCUT2D eigenvalue weighted by Crippen LogP contribution is 2.24. The van der Waals surface area contributed by atoms with Gasteiger partial charge in [-0.25, -0.2) is 4.98 Å². The summed E-state index contributed by atoms with van der Waals surface area (Å²) in [5, 5.41) is 5.95. The molecule has 29 heavy (non-hydrogen) atoms. The summed E-state index contributed by atoms with van der Waals surface area (Å²) < 4.78 is 2.01. The van der Waals surface area contributed by atoms with Crippen molar-refractivity contribution in [1.82, 2.24) is 14.4 Å². The van der Waals surface area contributed by atoms with E-state index in [4.69, 9.17) is 0 Å². The third-order valence-corrected chi connectivity index (χ3v) is 5.71. The van der Waals surface area contributed by atoms with E-state index in [9.17, 15) is 4.79 Å². The minimum atomic E-state index is -0.159. The summed E-state index contributed by atoms with van der Waals surface area (Å²) in [5.74, 6) is -0.159. The van der Waals surface area contributed by atoms with Crippen molar-refractivity contribution in [1.29, 1.82) is 0 Å². The second-order valence-electron chi connectivity index (χ2n) is 7.07. The van der Waals surface area contributed by atoms with E-state index in [0.29, 0.717) is 11.3 Å². The van der Waals surface area contributed by atoms with Crippen molar-refractivity contribution >= 4 is 38.8 Å². The molecule has 6 heteroatoms. The van der Waals surface area contributed by atoms with Gasteiger partial charge < -0.3 is 5.32 Å². The molecule has 3 aromatic heterocycles. The molecule has 0 fully saturated rings. The van der Waals surface area contributed by atoms with E-state index in [1.54, 1.807) is 11.3 Å². The van der Waals surface area contributed by atoms with Gasteiger partial charge in [0.05, 0.1) is 22.5 Å². The molecule has 0 radical (unpaired) electrons. The van der Waals surface area contributed by atoms with Crippen LogP contribution < -0.4 is 5.32 Å². The van der Waals surface area contributed by atoms with Crippen LogP contribution in [0.3, 0.4) is 0 Å². The average Bonchev–Trinajstić information content (AvgIpc) is 3.30. The van der Waals surface area contributed by atoms with Gasteiger partial charge in [-0.15, -0.1) is 11.3 Å². The summed E-state index contributed by atoms with van der Waals surface area (Å²) >= 11 is 1.60. The molecule has 0 bridgehead atoms. The Hall–Kier alpha value is -3.51. The Balaban J connectivity index is 1.39. The number of benzene rings is 2. The third kappa shape index (κ3) is 3.28. The highest BCUT2D eigenvalue weighted by molar-refractivity contribution is 7.15. The highest BCUT2D eigenvalue weighted by atomic mass is 32.1. The Bertz CT molecular complexity index is 1340. The van der Waals surface area contributed by atoms with E-state index in [2.05, 4.69) is 15.3 Å². The van der Waals surface area contributed by atoms with Gasteiger partial charge >= 0.3 is 0 Å². The lowest BCUT2D eigenvalue weighted by atomic mass is 10.1. The molecular weight excluding hydrogens is 380 g/mol. The van der Waals surface area contributed by atoms with Crippen molar-refractivity contribution in [2.45, 2.75) is 13.8 Å². The van der Waals surface area contributed by atoms with E-state index < -0.39 is 0 Å². The monoisotopic (exact) mass is 398 g/mol. The molecule has 0 spiro atoms. The number of fused-ring (bicyclic) bond motifs is 2. The Morgan fingerprint density at radius 3 is 2.66 bits per heavy atom. The number of hydrogen-bond donors (Lipinski definition) is 1. The van der Waals surface area contributed by atoms with Crippen molar-refractivity contribution in [3.8, 4) is 11.3 Å². The fraction of sp³-hybridized carbons (Fsp3) is 0.0870. The van der Waals surface area contributed by atoms with E-state index in [1.165, 1.54) is 0 Å². The van der Waals surface area contributed by atoms with E-state index in [1.807, 2.05) is 84.6 Å². The molecule has 1 N–H and O–H groups in total. The number of rotatable bonds is 3. The number of anilines is 1. The number of imidazole rings is 1. The molecule has 3 heterocycles. The first-order valence-corrected chi connectivity index (χ1v) is 10.2. The Morgan fingerprint density at radius 1 is 1.03 bits per heavy atom. The summed E-state index contributed by atoms with van der Waals surface area (Å²) in [6.07, 6.45) is 4.00. The molecule has 0 unspecified atom stereocenters. The fourth-order valence-corrected chi connectivity index (χ4v) is 4.11. The molecule has 0 aliphatic heterocycles. The standard InChI is InChI=1S/C23H18N4OS/c1-14-3-8-20-17(11-14)12-19(15(2)24-20)22(28)25-18-6-4-16(5-7-18)21-13-27-9-10-29-23(27)26-21/h3-13H,1-2H3,(H,25,28). The highest BCUT2D eigenvalue weighted by Gasteiger charge is 2.13. The van der Waals surface area contributed by atoms with Crippen LogP contribution in [0.2, 0.25) is 0 Å². The van der Waals surface area contributed by atoms with Crippen molar-refractivity contribution in [2.24, 2.45) is 0 Å². The van der Waals surface area contributed by atoms with Gasteiger partial charge in [0.2, 0.25) is 0 Å². The predicted octanol–water partition coefficient (Wildman–Crippen LogP) is 5.48. The molecule has 142 valence electrons. The van der Waals surface area contributed by atoms with Crippen LogP contribution in [0.4, 0.5) is 5.69 Å². The van der Waals surface area contributed by atoms with Crippen LogP contribution >= 0.6 is 11.3 Å². The summed E-state index contributed by atoms with van der Waals surface area (Å²) in [5.41, 5.74) is 6.01. The van der Waals surface area contributed by atoms with Crippen molar-refractivity contribution in [2.75, 3.05) is 5.32 Å². The van der Waals surface area contributed by atoms with Crippen LogP contribution in [0.25, 0.3) is 27.1 Å². The number of aromatic nitrogens is 3. The van der Waals surface area contributed by atoms with Crippen molar-refractivity contribution in [3.05, 3.63) is 83.1 Å². The lowest BCUT2D eigenvalue weighted by Crippen LogP contribution is -2.14. The maximum Gasteiger partial charge on any atom is 0.257 e. The quantitative estimate of drug-likeness (QED) is 0.438. The average molecular weight is 398 g/mol. The minimum Gasteiger partial charge on any atom is -0.322 e. The van der Waals surface area contributed by atoms with Crippen LogP contribution in [0.15, 0.2) is 66.3 Å². The SMILES string of the molecule is Cc1ccc2nc(C)c(C(=O)Nc3ccc(-c4cn5ccsc5n4)cc3)cc2c1. The summed E-state index contributed by atoms with van der Waals surface area (Å²) in [6, 6.07) is 15.7. The Kier molecular flexibility index (Phi) is 4.14. The number of nitrogens with one attached hydrogen (secondary N) is 1. The molecular formula is C23H18N4OS. The van der Waals surface area contributed by atoms with Crippen molar-refractivity contribution < 1.29 is 4.79 Å². The number of thiazole rings is 1. The minimum absolute atomic E-state index is 0.159. The molecule has 2 aromatic carbocycles. The molecule has 0 saturated heterocycles. The lowest BCUT2D eigenvalue weighted by Gasteiger charge is -2.10. The van der Waals surface area contributed by atoms with E-state index >= 15 is 0 Å². The Morgan fingerprint density at radius 2 is 1.86 bits per heavy atom. The van der Waals surface area contributed by atoms with Crippen LogP contribution in [0, 0.1) is 13.8 Å². The normalized spacial score (nSPS) is 11.2. The topological polar surface area (TPSA) is 59.3 Å². The van der Waals surface area contributed by atoms with Gasteiger partial charge in [0, 0.05) is 34.4 Å². The zero-order valence-electron chi connectivity index (χ0n) is 16.0. The zero-order valence-corrected chi connectivity index (χ0v) is 16.8. The molecule has 5 rings (SSSR count). The van der Waals surface area contributed by atoms with E-state index in [0.717, 1.165) is 38.4 Å². The molecule has 0 atom stereocenters. The van der Waals surface area contributed by atoms with Gasteiger partial charge in [-0.1, -0.05) is 23.8 Å². The molecule has 5 aromatic rings. The maximum absolute atomic E-state index is 12.8. The van der Waals surface area contributed by atoms with Gasteiger partial charge in [0.25, 0.3) is 5.91 Å². The van der Waals surface area contributed by atoms with Crippen LogP contribution in [-0.2, 0) is 0 Å². The number of nitrogens with zero attached hydrogens (tertiary/aromatic N) is 3.